The van der Waals surface area contributed by atoms with E-state index < -0.39 is 12.0 Å². The summed E-state index contributed by atoms with van der Waals surface area (Å²) in [6, 6.07) is 16.5. The van der Waals surface area contributed by atoms with Crippen molar-refractivity contribution in [2.45, 2.75) is 19.1 Å². The van der Waals surface area contributed by atoms with Crippen LogP contribution >= 0.6 is 0 Å². The first-order valence-electron chi connectivity index (χ1n) is 8.24. The summed E-state index contributed by atoms with van der Waals surface area (Å²) in [7, 11) is 2.71. The number of methoxy groups -OCH3 is 2. The van der Waals surface area contributed by atoms with E-state index >= 15 is 0 Å². The van der Waals surface area contributed by atoms with Gasteiger partial charge in [0.05, 0.1) is 7.11 Å². The monoisotopic (exact) mass is 357 g/mol. The second-order valence-corrected chi connectivity index (χ2v) is 5.70. The van der Waals surface area contributed by atoms with E-state index in [9.17, 15) is 9.59 Å². The molecule has 1 amide bonds. The Hall–Kier alpha value is -2.86. The van der Waals surface area contributed by atoms with Crippen molar-refractivity contribution in [2.24, 2.45) is 0 Å². The Morgan fingerprint density at radius 3 is 2.27 bits per heavy atom. The van der Waals surface area contributed by atoms with E-state index in [0.717, 1.165) is 16.9 Å². The van der Waals surface area contributed by atoms with Gasteiger partial charge < -0.3 is 19.5 Å². The maximum absolute atomic E-state index is 11.9. The second-order valence-electron chi connectivity index (χ2n) is 5.70. The van der Waals surface area contributed by atoms with Crippen molar-refractivity contribution >= 4 is 11.9 Å². The highest BCUT2D eigenvalue weighted by Gasteiger charge is 2.21. The summed E-state index contributed by atoms with van der Waals surface area (Å²) in [6.45, 7) is 0.373. The Morgan fingerprint density at radius 1 is 0.962 bits per heavy atom. The zero-order chi connectivity index (χ0) is 18.8. The number of nitrogens with one attached hydrogen (secondary N) is 1. The molecule has 0 aliphatic rings. The molecule has 2 aromatic carbocycles. The first-order valence-corrected chi connectivity index (χ1v) is 8.24. The van der Waals surface area contributed by atoms with Gasteiger partial charge in [-0.05, 0) is 23.3 Å². The molecule has 26 heavy (non-hydrogen) atoms. The molecular formula is C20H23NO5. The van der Waals surface area contributed by atoms with Gasteiger partial charge in [-0.3, -0.25) is 4.79 Å². The number of benzene rings is 2. The normalized spacial score (nSPS) is 11.5. The zero-order valence-corrected chi connectivity index (χ0v) is 14.9. The van der Waals surface area contributed by atoms with Crippen molar-refractivity contribution in [3.05, 3.63) is 65.7 Å². The van der Waals surface area contributed by atoms with Crippen LogP contribution in [0.4, 0.5) is 0 Å². The largest absolute Gasteiger partial charge is 0.489 e. The summed E-state index contributed by atoms with van der Waals surface area (Å²) >= 11 is 0. The predicted molar refractivity (Wildman–Crippen MR) is 96.7 cm³/mol. The Balaban J connectivity index is 1.94. The fourth-order valence-electron chi connectivity index (χ4n) is 2.40. The van der Waals surface area contributed by atoms with E-state index in [2.05, 4.69) is 5.32 Å². The molecule has 0 fully saturated rings. The number of amides is 1. The Morgan fingerprint density at radius 2 is 1.65 bits per heavy atom. The third kappa shape index (κ3) is 6.22. The van der Waals surface area contributed by atoms with E-state index in [4.69, 9.17) is 14.2 Å². The first kappa shape index (κ1) is 19.5. The van der Waals surface area contributed by atoms with Crippen LogP contribution in [0.15, 0.2) is 54.6 Å². The fourth-order valence-corrected chi connectivity index (χ4v) is 2.40. The quantitative estimate of drug-likeness (QED) is 0.696. The summed E-state index contributed by atoms with van der Waals surface area (Å²) in [4.78, 5) is 23.6. The van der Waals surface area contributed by atoms with Crippen LogP contribution in [0.5, 0.6) is 5.75 Å². The van der Waals surface area contributed by atoms with Crippen molar-refractivity contribution in [3.63, 3.8) is 0 Å². The molecule has 0 aromatic heterocycles. The number of hydrogen-bond acceptors (Lipinski definition) is 5. The van der Waals surface area contributed by atoms with E-state index in [-0.39, 0.29) is 12.5 Å². The summed E-state index contributed by atoms with van der Waals surface area (Å²) in [5.41, 5.74) is 1.97. The van der Waals surface area contributed by atoms with Gasteiger partial charge >= 0.3 is 5.97 Å². The minimum absolute atomic E-state index is 0.111. The zero-order valence-electron chi connectivity index (χ0n) is 14.9. The highest BCUT2D eigenvalue weighted by atomic mass is 16.5. The third-order valence-electron chi connectivity index (χ3n) is 3.71. The van der Waals surface area contributed by atoms with Crippen molar-refractivity contribution in [1.82, 2.24) is 5.32 Å². The number of esters is 1. The van der Waals surface area contributed by atoms with Crippen LogP contribution in [0.25, 0.3) is 0 Å². The maximum Gasteiger partial charge on any atom is 0.328 e. The molecule has 0 bridgehead atoms. The molecule has 0 radical (unpaired) electrons. The molecular weight excluding hydrogens is 334 g/mol. The molecule has 6 heteroatoms. The second kappa shape index (κ2) is 10.2. The molecule has 2 rings (SSSR count). The first-order chi connectivity index (χ1) is 12.6. The lowest BCUT2D eigenvalue weighted by molar-refractivity contribution is -0.145. The average molecular weight is 357 g/mol. The van der Waals surface area contributed by atoms with Crippen molar-refractivity contribution < 1.29 is 23.8 Å². The van der Waals surface area contributed by atoms with Gasteiger partial charge in [0, 0.05) is 13.5 Å². The van der Waals surface area contributed by atoms with Gasteiger partial charge in [-0.25, -0.2) is 4.79 Å². The van der Waals surface area contributed by atoms with Crippen LogP contribution in [0, 0.1) is 0 Å². The standard InChI is InChI=1S/C20H23NO5/c1-24-14-19(22)21-18(20(23)25-2)12-15-8-10-17(11-9-15)26-13-16-6-4-3-5-7-16/h3-11,18H,12-14H2,1-2H3,(H,21,22)/t18-/m0/s1. The van der Waals surface area contributed by atoms with Crippen LogP contribution in [0.3, 0.4) is 0 Å². The maximum atomic E-state index is 11.9. The van der Waals surface area contributed by atoms with Gasteiger partial charge in [-0.1, -0.05) is 42.5 Å². The average Bonchev–Trinajstić information content (AvgIpc) is 2.67. The van der Waals surface area contributed by atoms with E-state index in [1.165, 1.54) is 14.2 Å². The SMILES string of the molecule is COCC(=O)N[C@@H](Cc1ccc(OCc2ccccc2)cc1)C(=O)OC. The third-order valence-corrected chi connectivity index (χ3v) is 3.71. The van der Waals surface area contributed by atoms with E-state index in [0.29, 0.717) is 13.0 Å². The van der Waals surface area contributed by atoms with E-state index in [1.54, 1.807) is 0 Å². The summed E-state index contributed by atoms with van der Waals surface area (Å²) in [5, 5.41) is 2.61. The predicted octanol–water partition coefficient (Wildman–Crippen LogP) is 2.11. The minimum atomic E-state index is -0.765. The number of ether oxygens (including phenoxy) is 3. The molecule has 0 saturated carbocycles. The lowest BCUT2D eigenvalue weighted by Crippen LogP contribution is -2.44. The fraction of sp³-hybridized carbons (Fsp3) is 0.300. The number of hydrogen-bond donors (Lipinski definition) is 1. The van der Waals surface area contributed by atoms with Crippen LogP contribution < -0.4 is 10.1 Å². The number of carbonyl (C=O) groups is 2. The Labute approximate surface area is 153 Å². The topological polar surface area (TPSA) is 73.9 Å². The number of carbonyl (C=O) groups excluding carboxylic acids is 2. The van der Waals surface area contributed by atoms with E-state index in [1.807, 2.05) is 54.6 Å². The molecule has 0 unspecified atom stereocenters. The molecule has 0 heterocycles. The molecule has 6 nitrogen and oxygen atoms in total. The number of rotatable bonds is 9. The Kier molecular flexibility index (Phi) is 7.64. The van der Waals surface area contributed by atoms with Gasteiger partial charge in [-0.2, -0.15) is 0 Å². The van der Waals surface area contributed by atoms with Gasteiger partial charge in [0.1, 0.15) is 25.0 Å². The minimum Gasteiger partial charge on any atom is -0.489 e. The molecule has 1 N–H and O–H groups in total. The van der Waals surface area contributed by atoms with Crippen LogP contribution in [0.2, 0.25) is 0 Å². The highest BCUT2D eigenvalue weighted by Crippen LogP contribution is 2.15. The van der Waals surface area contributed by atoms with Gasteiger partial charge in [0.2, 0.25) is 5.91 Å². The van der Waals surface area contributed by atoms with Gasteiger partial charge in [-0.15, -0.1) is 0 Å². The lowest BCUT2D eigenvalue weighted by Gasteiger charge is -2.16. The summed E-state index contributed by atoms with van der Waals surface area (Å²) in [6.07, 6.45) is 0.321. The molecule has 0 spiro atoms. The smallest absolute Gasteiger partial charge is 0.328 e. The molecule has 2 aromatic rings. The van der Waals surface area contributed by atoms with Crippen LogP contribution in [0.1, 0.15) is 11.1 Å². The van der Waals surface area contributed by atoms with Crippen molar-refractivity contribution in [3.8, 4) is 5.75 Å². The highest BCUT2D eigenvalue weighted by molar-refractivity contribution is 5.85. The van der Waals surface area contributed by atoms with Gasteiger partial charge in [0.15, 0.2) is 0 Å². The van der Waals surface area contributed by atoms with Crippen LogP contribution in [-0.2, 0) is 32.1 Å². The molecule has 0 saturated heterocycles. The summed E-state index contributed by atoms with van der Waals surface area (Å²) in [5.74, 6) is -0.139. The Bertz CT molecular complexity index is 700. The molecule has 0 aliphatic heterocycles. The van der Waals surface area contributed by atoms with Crippen molar-refractivity contribution in [2.75, 3.05) is 20.8 Å². The summed E-state index contributed by atoms with van der Waals surface area (Å²) < 4.78 is 15.3. The molecule has 1 atom stereocenters. The van der Waals surface area contributed by atoms with Crippen LogP contribution in [-0.4, -0.2) is 38.7 Å². The molecule has 0 aliphatic carbocycles. The van der Waals surface area contributed by atoms with Gasteiger partial charge in [0.25, 0.3) is 0 Å². The van der Waals surface area contributed by atoms with Crippen molar-refractivity contribution in [1.29, 1.82) is 0 Å². The molecule has 138 valence electrons. The lowest BCUT2D eigenvalue weighted by atomic mass is 10.1.